The van der Waals surface area contributed by atoms with E-state index in [4.69, 9.17) is 0 Å². The molecule has 1 aromatic heterocycles. The Morgan fingerprint density at radius 1 is 1.40 bits per heavy atom. The van der Waals surface area contributed by atoms with Crippen molar-refractivity contribution in [3.05, 3.63) is 40.1 Å². The SMILES string of the molecule is Cn1c(S)nnc1C(O)(c1cccc(Br)c1)C1CCC1. The van der Waals surface area contributed by atoms with Crippen molar-refractivity contribution in [1.82, 2.24) is 14.8 Å². The number of hydrogen-bond donors (Lipinski definition) is 2. The fourth-order valence-corrected chi connectivity index (χ4v) is 3.29. The van der Waals surface area contributed by atoms with Crippen LogP contribution in [0.3, 0.4) is 0 Å². The number of halogens is 1. The minimum atomic E-state index is -1.11. The molecule has 1 aliphatic carbocycles. The molecule has 1 aromatic carbocycles. The topological polar surface area (TPSA) is 50.9 Å². The summed E-state index contributed by atoms with van der Waals surface area (Å²) in [7, 11) is 1.83. The van der Waals surface area contributed by atoms with Gasteiger partial charge in [-0.1, -0.05) is 34.5 Å². The highest BCUT2D eigenvalue weighted by molar-refractivity contribution is 9.10. The van der Waals surface area contributed by atoms with Crippen LogP contribution in [0.2, 0.25) is 0 Å². The van der Waals surface area contributed by atoms with E-state index in [2.05, 4.69) is 38.8 Å². The third-order valence-electron chi connectivity index (χ3n) is 4.15. The molecule has 2 aromatic rings. The van der Waals surface area contributed by atoms with Gasteiger partial charge in [0.15, 0.2) is 16.6 Å². The fraction of sp³-hybridized carbons (Fsp3) is 0.429. The number of aliphatic hydroxyl groups is 1. The standard InChI is InChI=1S/C14H16BrN3OS/c1-18-12(16-17-13(18)20)14(19,9-4-2-5-9)10-6-3-7-11(15)8-10/h3,6-9,19H,2,4-5H2,1H3,(H,17,20). The molecule has 0 radical (unpaired) electrons. The highest BCUT2D eigenvalue weighted by atomic mass is 79.9. The Balaban J connectivity index is 2.16. The summed E-state index contributed by atoms with van der Waals surface area (Å²) in [5, 5.41) is 20.1. The molecule has 0 bridgehead atoms. The molecule has 6 heteroatoms. The molecule has 3 rings (SSSR count). The number of benzene rings is 1. The fourth-order valence-electron chi connectivity index (χ4n) is 2.75. The Hall–Kier alpha value is -0.850. The maximum Gasteiger partial charge on any atom is 0.187 e. The zero-order chi connectivity index (χ0) is 14.3. The van der Waals surface area contributed by atoms with Crippen molar-refractivity contribution in [1.29, 1.82) is 0 Å². The summed E-state index contributed by atoms with van der Waals surface area (Å²) >= 11 is 7.74. The van der Waals surface area contributed by atoms with Crippen molar-refractivity contribution in [2.24, 2.45) is 13.0 Å². The second-order valence-corrected chi connectivity index (χ2v) is 6.60. The minimum absolute atomic E-state index is 0.174. The summed E-state index contributed by atoms with van der Waals surface area (Å²) in [6, 6.07) is 7.77. The average Bonchev–Trinajstić information content (AvgIpc) is 2.68. The molecular weight excluding hydrogens is 338 g/mol. The van der Waals surface area contributed by atoms with E-state index >= 15 is 0 Å². The zero-order valence-electron chi connectivity index (χ0n) is 11.1. The van der Waals surface area contributed by atoms with Gasteiger partial charge in [0.05, 0.1) is 0 Å². The van der Waals surface area contributed by atoms with E-state index in [-0.39, 0.29) is 5.92 Å². The minimum Gasteiger partial charge on any atom is -0.377 e. The molecule has 1 N–H and O–H groups in total. The van der Waals surface area contributed by atoms with Crippen LogP contribution in [0, 0.1) is 5.92 Å². The van der Waals surface area contributed by atoms with Gasteiger partial charge in [-0.2, -0.15) is 0 Å². The Morgan fingerprint density at radius 3 is 2.65 bits per heavy atom. The predicted molar refractivity (Wildman–Crippen MR) is 82.7 cm³/mol. The molecule has 4 nitrogen and oxygen atoms in total. The van der Waals surface area contributed by atoms with Crippen molar-refractivity contribution in [3.63, 3.8) is 0 Å². The second kappa shape index (κ2) is 5.16. The van der Waals surface area contributed by atoms with E-state index in [1.807, 2.05) is 31.3 Å². The predicted octanol–water partition coefficient (Wildman–Crippen LogP) is 2.90. The molecule has 0 spiro atoms. The van der Waals surface area contributed by atoms with Gasteiger partial charge >= 0.3 is 0 Å². The van der Waals surface area contributed by atoms with Crippen molar-refractivity contribution in [2.75, 3.05) is 0 Å². The molecule has 0 aliphatic heterocycles. The molecule has 1 atom stereocenters. The van der Waals surface area contributed by atoms with Crippen LogP contribution in [0.15, 0.2) is 33.9 Å². The number of rotatable bonds is 3. The summed E-state index contributed by atoms with van der Waals surface area (Å²) in [6.07, 6.45) is 3.14. The average molecular weight is 354 g/mol. The van der Waals surface area contributed by atoms with Gasteiger partial charge in [-0.05, 0) is 36.5 Å². The third-order valence-corrected chi connectivity index (χ3v) is 5.04. The molecule has 0 saturated heterocycles. The molecular formula is C14H16BrN3OS. The molecule has 20 heavy (non-hydrogen) atoms. The van der Waals surface area contributed by atoms with E-state index in [0.29, 0.717) is 11.0 Å². The van der Waals surface area contributed by atoms with Crippen LogP contribution in [0.1, 0.15) is 30.7 Å². The van der Waals surface area contributed by atoms with Crippen LogP contribution < -0.4 is 0 Å². The summed E-state index contributed by atoms with van der Waals surface area (Å²) in [5.74, 6) is 0.734. The van der Waals surface area contributed by atoms with Gasteiger partial charge in [-0.3, -0.25) is 0 Å². The maximum atomic E-state index is 11.4. The highest BCUT2D eigenvalue weighted by Gasteiger charge is 2.46. The Morgan fingerprint density at radius 2 is 2.15 bits per heavy atom. The number of aromatic nitrogens is 3. The van der Waals surface area contributed by atoms with Gasteiger partial charge in [-0.25, -0.2) is 0 Å². The van der Waals surface area contributed by atoms with E-state index in [1.54, 1.807) is 4.57 Å². The summed E-state index contributed by atoms with van der Waals surface area (Å²) in [4.78, 5) is 0. The third kappa shape index (κ3) is 2.10. The van der Waals surface area contributed by atoms with Crippen molar-refractivity contribution in [3.8, 4) is 0 Å². The Kier molecular flexibility index (Phi) is 3.64. The normalized spacial score (nSPS) is 18.6. The van der Waals surface area contributed by atoms with Crippen LogP contribution in [0.5, 0.6) is 0 Å². The van der Waals surface area contributed by atoms with E-state index in [1.165, 1.54) is 0 Å². The number of thiol groups is 1. The maximum absolute atomic E-state index is 11.4. The largest absolute Gasteiger partial charge is 0.377 e. The lowest BCUT2D eigenvalue weighted by Crippen LogP contribution is -2.42. The van der Waals surface area contributed by atoms with Gasteiger partial charge in [0.25, 0.3) is 0 Å². The van der Waals surface area contributed by atoms with Crippen molar-refractivity contribution in [2.45, 2.75) is 30.0 Å². The number of hydrogen-bond acceptors (Lipinski definition) is 4. The van der Waals surface area contributed by atoms with Gasteiger partial charge in [0.1, 0.15) is 0 Å². The van der Waals surface area contributed by atoms with E-state index in [9.17, 15) is 5.11 Å². The van der Waals surface area contributed by atoms with Crippen LogP contribution in [0.25, 0.3) is 0 Å². The molecule has 106 valence electrons. The van der Waals surface area contributed by atoms with Crippen LogP contribution in [-0.2, 0) is 12.6 Å². The lowest BCUT2D eigenvalue weighted by molar-refractivity contribution is -0.0298. The van der Waals surface area contributed by atoms with E-state index in [0.717, 1.165) is 29.3 Å². The molecule has 1 heterocycles. The van der Waals surface area contributed by atoms with Crippen molar-refractivity contribution < 1.29 is 5.11 Å². The zero-order valence-corrected chi connectivity index (χ0v) is 13.6. The van der Waals surface area contributed by atoms with Gasteiger partial charge in [0, 0.05) is 11.5 Å². The first-order chi connectivity index (χ1) is 9.53. The first-order valence-corrected chi connectivity index (χ1v) is 7.84. The van der Waals surface area contributed by atoms with Crippen LogP contribution in [0.4, 0.5) is 0 Å². The lowest BCUT2D eigenvalue weighted by Gasteiger charge is -2.41. The summed E-state index contributed by atoms with van der Waals surface area (Å²) in [6.45, 7) is 0. The Labute approximate surface area is 131 Å². The molecule has 1 fully saturated rings. The summed E-state index contributed by atoms with van der Waals surface area (Å²) < 4.78 is 2.70. The first kappa shape index (κ1) is 14.1. The van der Waals surface area contributed by atoms with Gasteiger partial charge in [0.2, 0.25) is 0 Å². The first-order valence-electron chi connectivity index (χ1n) is 6.60. The van der Waals surface area contributed by atoms with Crippen LogP contribution in [-0.4, -0.2) is 19.9 Å². The van der Waals surface area contributed by atoms with Gasteiger partial charge < -0.3 is 9.67 Å². The quantitative estimate of drug-likeness (QED) is 0.834. The number of nitrogens with zero attached hydrogens (tertiary/aromatic N) is 3. The monoisotopic (exact) mass is 353 g/mol. The molecule has 1 aliphatic rings. The lowest BCUT2D eigenvalue weighted by atomic mass is 9.69. The molecule has 1 unspecified atom stereocenters. The molecule has 1 saturated carbocycles. The highest BCUT2D eigenvalue weighted by Crippen LogP contribution is 2.46. The van der Waals surface area contributed by atoms with Crippen molar-refractivity contribution >= 4 is 28.6 Å². The van der Waals surface area contributed by atoms with Gasteiger partial charge in [-0.15, -0.1) is 22.8 Å². The molecule has 0 amide bonds. The summed E-state index contributed by atoms with van der Waals surface area (Å²) in [5.41, 5.74) is -0.259. The van der Waals surface area contributed by atoms with E-state index < -0.39 is 5.60 Å². The van der Waals surface area contributed by atoms with Crippen LogP contribution >= 0.6 is 28.6 Å². The Bertz CT molecular complexity index is 641. The smallest absolute Gasteiger partial charge is 0.187 e. The second-order valence-electron chi connectivity index (χ2n) is 5.29.